The predicted octanol–water partition coefficient (Wildman–Crippen LogP) is 3.45. The van der Waals surface area contributed by atoms with E-state index in [-0.39, 0.29) is 28.4 Å². The van der Waals surface area contributed by atoms with E-state index >= 15 is 0 Å². The number of ether oxygens (including phenoxy) is 2. The van der Waals surface area contributed by atoms with Crippen molar-refractivity contribution in [3.63, 3.8) is 0 Å². The molecule has 2 aromatic rings. The summed E-state index contributed by atoms with van der Waals surface area (Å²) in [6.07, 6.45) is 0. The Bertz CT molecular complexity index is 840. The molecule has 26 heavy (non-hydrogen) atoms. The van der Waals surface area contributed by atoms with Gasteiger partial charge < -0.3 is 14.8 Å². The number of hydrogen-bond donors (Lipinski definition) is 1. The van der Waals surface area contributed by atoms with Crippen LogP contribution >= 0.6 is 11.6 Å². The molecule has 6 nitrogen and oxygen atoms in total. The van der Waals surface area contributed by atoms with Crippen LogP contribution < -0.4 is 5.32 Å². The molecule has 8 heteroatoms. The molecule has 2 rings (SSSR count). The van der Waals surface area contributed by atoms with E-state index in [9.17, 15) is 18.8 Å². The maximum Gasteiger partial charge on any atom is 0.341 e. The van der Waals surface area contributed by atoms with Crippen molar-refractivity contribution in [3.8, 4) is 0 Å². The fourth-order valence-corrected chi connectivity index (χ4v) is 2.20. The molecule has 0 saturated carbocycles. The molecule has 1 N–H and O–H groups in total. The van der Waals surface area contributed by atoms with Crippen LogP contribution in [0.25, 0.3) is 0 Å². The molecule has 0 aliphatic rings. The largest absolute Gasteiger partial charge is 0.462 e. The van der Waals surface area contributed by atoms with Gasteiger partial charge in [-0.05, 0) is 37.3 Å². The van der Waals surface area contributed by atoms with Gasteiger partial charge in [0, 0.05) is 5.69 Å². The van der Waals surface area contributed by atoms with E-state index in [1.54, 1.807) is 6.92 Å². The van der Waals surface area contributed by atoms with Crippen LogP contribution in [0.4, 0.5) is 10.1 Å². The molecule has 0 aliphatic heterocycles. The van der Waals surface area contributed by atoms with E-state index in [0.29, 0.717) is 0 Å². The highest BCUT2D eigenvalue weighted by Crippen LogP contribution is 2.21. The highest BCUT2D eigenvalue weighted by molar-refractivity contribution is 6.33. The summed E-state index contributed by atoms with van der Waals surface area (Å²) in [7, 11) is 0. The van der Waals surface area contributed by atoms with Gasteiger partial charge >= 0.3 is 11.9 Å². The summed E-state index contributed by atoms with van der Waals surface area (Å²) in [6, 6.07) is 9.51. The van der Waals surface area contributed by atoms with Crippen LogP contribution in [0.1, 0.15) is 27.6 Å². The first-order valence-electron chi connectivity index (χ1n) is 7.60. The maximum absolute atomic E-state index is 13.5. The minimum atomic E-state index is -0.957. The van der Waals surface area contributed by atoms with E-state index < -0.39 is 30.3 Å². The summed E-state index contributed by atoms with van der Waals surface area (Å²) >= 11 is 5.93. The van der Waals surface area contributed by atoms with E-state index in [0.717, 1.165) is 6.07 Å². The van der Waals surface area contributed by atoms with E-state index in [4.69, 9.17) is 21.1 Å². The molecular formula is C18H15ClFNO5. The summed E-state index contributed by atoms with van der Waals surface area (Å²) in [6.45, 7) is 1.21. The van der Waals surface area contributed by atoms with Crippen LogP contribution in [0.2, 0.25) is 5.02 Å². The molecule has 0 saturated heterocycles. The molecule has 0 atom stereocenters. The van der Waals surface area contributed by atoms with Gasteiger partial charge in [-0.1, -0.05) is 23.7 Å². The van der Waals surface area contributed by atoms with Gasteiger partial charge in [0.05, 0.1) is 22.8 Å². The highest BCUT2D eigenvalue weighted by Gasteiger charge is 2.16. The highest BCUT2D eigenvalue weighted by atomic mass is 35.5. The minimum Gasteiger partial charge on any atom is -0.462 e. The lowest BCUT2D eigenvalue weighted by Gasteiger charge is -2.09. The second kappa shape index (κ2) is 8.96. The Morgan fingerprint density at radius 3 is 2.42 bits per heavy atom. The molecule has 0 bridgehead atoms. The lowest BCUT2D eigenvalue weighted by atomic mass is 10.2. The lowest BCUT2D eigenvalue weighted by molar-refractivity contribution is -0.119. The van der Waals surface area contributed by atoms with Crippen LogP contribution in [-0.4, -0.2) is 31.1 Å². The Labute approximate surface area is 153 Å². The summed E-state index contributed by atoms with van der Waals surface area (Å²) < 4.78 is 23.1. The quantitative estimate of drug-likeness (QED) is 0.777. The topological polar surface area (TPSA) is 81.7 Å². The number of carbonyl (C=O) groups excluding carboxylic acids is 3. The molecular weight excluding hydrogens is 365 g/mol. The number of hydrogen-bond acceptors (Lipinski definition) is 5. The smallest absolute Gasteiger partial charge is 0.341 e. The first-order chi connectivity index (χ1) is 12.4. The summed E-state index contributed by atoms with van der Waals surface area (Å²) in [5.74, 6) is -2.98. The van der Waals surface area contributed by atoms with Crippen molar-refractivity contribution in [3.05, 3.63) is 64.4 Å². The summed E-state index contributed by atoms with van der Waals surface area (Å²) in [5.41, 5.74) is 0.0930. The van der Waals surface area contributed by atoms with Crippen LogP contribution in [0, 0.1) is 5.82 Å². The number of amides is 1. The van der Waals surface area contributed by atoms with Gasteiger partial charge in [-0.15, -0.1) is 0 Å². The number of benzene rings is 2. The predicted molar refractivity (Wildman–Crippen MR) is 92.7 cm³/mol. The Kier molecular flexibility index (Phi) is 6.68. The van der Waals surface area contributed by atoms with Gasteiger partial charge in [0.25, 0.3) is 5.91 Å². The van der Waals surface area contributed by atoms with Gasteiger partial charge in [0.15, 0.2) is 6.61 Å². The second-order valence-corrected chi connectivity index (χ2v) is 5.43. The van der Waals surface area contributed by atoms with Gasteiger partial charge in [0.2, 0.25) is 0 Å². The molecule has 0 aromatic heterocycles. The van der Waals surface area contributed by atoms with Crippen LogP contribution in [0.3, 0.4) is 0 Å². The van der Waals surface area contributed by atoms with Gasteiger partial charge in [-0.2, -0.15) is 0 Å². The maximum atomic E-state index is 13.5. The molecule has 0 unspecified atom stereocenters. The molecule has 136 valence electrons. The fourth-order valence-electron chi connectivity index (χ4n) is 2.00. The molecule has 0 aliphatic carbocycles. The molecule has 0 heterocycles. The van der Waals surface area contributed by atoms with Crippen molar-refractivity contribution in [2.24, 2.45) is 0 Å². The summed E-state index contributed by atoms with van der Waals surface area (Å²) in [4.78, 5) is 35.4. The Balaban J connectivity index is 1.98. The number of nitrogens with one attached hydrogen (secondary N) is 1. The first kappa shape index (κ1) is 19.4. The van der Waals surface area contributed by atoms with Crippen molar-refractivity contribution in [2.45, 2.75) is 6.92 Å². The van der Waals surface area contributed by atoms with Gasteiger partial charge in [-0.3, -0.25) is 4.79 Å². The minimum absolute atomic E-state index is 0.0923. The normalized spacial score (nSPS) is 10.1. The number of anilines is 1. The zero-order valence-corrected chi connectivity index (χ0v) is 14.5. The van der Waals surface area contributed by atoms with Crippen molar-refractivity contribution >= 4 is 35.1 Å². The number of carbonyl (C=O) groups is 3. The average Bonchev–Trinajstić information content (AvgIpc) is 2.62. The number of esters is 2. The van der Waals surface area contributed by atoms with Gasteiger partial charge in [-0.25, -0.2) is 14.0 Å². The van der Waals surface area contributed by atoms with Crippen molar-refractivity contribution in [1.82, 2.24) is 0 Å². The van der Waals surface area contributed by atoms with Crippen LogP contribution in [-0.2, 0) is 14.3 Å². The van der Waals surface area contributed by atoms with Crippen LogP contribution in [0.5, 0.6) is 0 Å². The third-order valence-corrected chi connectivity index (χ3v) is 3.50. The van der Waals surface area contributed by atoms with Crippen molar-refractivity contribution < 1.29 is 28.2 Å². The number of rotatable bonds is 6. The lowest BCUT2D eigenvalue weighted by Crippen LogP contribution is -2.21. The standard InChI is InChI=1S/C18H15ClFNO5/c1-2-25-18(24)13-9-11(7-8-14(13)19)21-16(22)10-26-17(23)12-5-3-4-6-15(12)20/h3-9H,2,10H2,1H3,(H,21,22). The SMILES string of the molecule is CCOC(=O)c1cc(NC(=O)COC(=O)c2ccccc2F)ccc1Cl. The monoisotopic (exact) mass is 379 g/mol. The first-order valence-corrected chi connectivity index (χ1v) is 7.98. The third-order valence-electron chi connectivity index (χ3n) is 3.17. The molecule has 1 amide bonds. The Morgan fingerprint density at radius 2 is 1.73 bits per heavy atom. The fraction of sp³-hybridized carbons (Fsp3) is 0.167. The Morgan fingerprint density at radius 1 is 1.04 bits per heavy atom. The van der Waals surface area contributed by atoms with E-state index in [1.165, 1.54) is 36.4 Å². The van der Waals surface area contributed by atoms with E-state index in [2.05, 4.69) is 5.32 Å². The van der Waals surface area contributed by atoms with Gasteiger partial charge in [0.1, 0.15) is 5.82 Å². The van der Waals surface area contributed by atoms with Crippen molar-refractivity contribution in [2.75, 3.05) is 18.5 Å². The Hall–Kier alpha value is -2.93. The zero-order chi connectivity index (χ0) is 19.1. The van der Waals surface area contributed by atoms with Crippen LogP contribution in [0.15, 0.2) is 42.5 Å². The molecule has 2 aromatic carbocycles. The zero-order valence-electron chi connectivity index (χ0n) is 13.8. The number of halogens is 2. The van der Waals surface area contributed by atoms with E-state index in [1.807, 2.05) is 0 Å². The average molecular weight is 380 g/mol. The second-order valence-electron chi connectivity index (χ2n) is 5.02. The summed E-state index contributed by atoms with van der Waals surface area (Å²) in [5, 5.41) is 2.63. The molecule has 0 radical (unpaired) electrons. The third kappa shape index (κ3) is 5.03. The molecule has 0 spiro atoms. The molecule has 0 fully saturated rings. The van der Waals surface area contributed by atoms with Crippen molar-refractivity contribution in [1.29, 1.82) is 0 Å².